The van der Waals surface area contributed by atoms with Gasteiger partial charge < -0.3 is 20.1 Å². The number of anilines is 2. The number of nitrogens with zero attached hydrogens (tertiary/aromatic N) is 3. The highest BCUT2D eigenvalue weighted by atomic mass is 35.5. The molecular weight excluding hydrogens is 384 g/mol. The Morgan fingerprint density at radius 1 is 1.36 bits per heavy atom. The Bertz CT molecular complexity index is 1110. The lowest BCUT2D eigenvalue weighted by atomic mass is 10.1. The van der Waals surface area contributed by atoms with Crippen molar-refractivity contribution < 1.29 is 8.78 Å². The molecule has 148 valence electrons. The van der Waals surface area contributed by atoms with Crippen molar-refractivity contribution >= 4 is 44.9 Å². The topological polar surface area (TPSA) is 47.2 Å². The number of pyridine rings is 1. The lowest BCUT2D eigenvalue weighted by Gasteiger charge is -2.22. The monoisotopic (exact) mass is 405 g/mol. The standard InChI is InChI=1S/C20H22ClF2N5/c1-24-12-6-11(22)16(23)14-15-18(10(21)8-25-19(15)26-17(12)14)28-5-4-20(9-28)7-13(20)27(2)3/h6,8,13,24H,4-5,7,9H2,1-3H3,(H,25,26)/t13-,20-/m1/s1. The van der Waals surface area contributed by atoms with Crippen molar-refractivity contribution in [3.8, 4) is 0 Å². The SMILES string of the molecule is CNc1cc(F)c(F)c2c1[nH]c1ncc(Cl)c(N3CC[C@@]4(C[C@H]4N(C)C)C3)c12. The Morgan fingerprint density at radius 2 is 2.14 bits per heavy atom. The first-order valence-electron chi connectivity index (χ1n) is 9.43. The summed E-state index contributed by atoms with van der Waals surface area (Å²) in [6.07, 6.45) is 3.81. The zero-order chi connectivity index (χ0) is 19.8. The minimum absolute atomic E-state index is 0.199. The Morgan fingerprint density at radius 3 is 2.82 bits per heavy atom. The smallest absolute Gasteiger partial charge is 0.169 e. The second kappa shape index (κ2) is 5.94. The maximum absolute atomic E-state index is 14.9. The van der Waals surface area contributed by atoms with Crippen molar-refractivity contribution in [3.63, 3.8) is 0 Å². The van der Waals surface area contributed by atoms with Crippen LogP contribution in [0.2, 0.25) is 5.02 Å². The Labute approximate surface area is 166 Å². The maximum atomic E-state index is 14.9. The lowest BCUT2D eigenvalue weighted by Crippen LogP contribution is -2.26. The molecular formula is C20H22ClF2N5. The minimum atomic E-state index is -0.892. The fraction of sp³-hybridized carbons (Fsp3) is 0.450. The van der Waals surface area contributed by atoms with Crippen LogP contribution < -0.4 is 10.2 Å². The summed E-state index contributed by atoms with van der Waals surface area (Å²) in [7, 11) is 5.89. The number of nitrogens with one attached hydrogen (secondary N) is 2. The molecule has 3 aromatic rings. The van der Waals surface area contributed by atoms with E-state index >= 15 is 0 Å². The number of benzene rings is 1. The largest absolute Gasteiger partial charge is 0.386 e. The van der Waals surface area contributed by atoms with E-state index in [0.717, 1.165) is 37.7 Å². The third-order valence-electron chi connectivity index (χ3n) is 6.46. The van der Waals surface area contributed by atoms with Gasteiger partial charge in [-0.2, -0.15) is 0 Å². The van der Waals surface area contributed by atoms with Gasteiger partial charge in [-0.25, -0.2) is 13.8 Å². The van der Waals surface area contributed by atoms with Gasteiger partial charge in [-0.3, -0.25) is 0 Å². The van der Waals surface area contributed by atoms with Crippen LogP contribution in [0.5, 0.6) is 0 Å². The summed E-state index contributed by atoms with van der Waals surface area (Å²) in [6.45, 7) is 1.70. The van der Waals surface area contributed by atoms with Crippen LogP contribution in [0.4, 0.5) is 20.2 Å². The average Bonchev–Trinajstić information content (AvgIpc) is 3.01. The second-order valence-electron chi connectivity index (χ2n) is 8.24. The normalized spacial score (nSPS) is 24.2. The third-order valence-corrected chi connectivity index (χ3v) is 6.74. The van der Waals surface area contributed by atoms with Gasteiger partial charge >= 0.3 is 0 Å². The van der Waals surface area contributed by atoms with E-state index in [0.29, 0.717) is 33.3 Å². The second-order valence-corrected chi connectivity index (χ2v) is 8.65. The molecule has 2 aliphatic rings. The third kappa shape index (κ3) is 2.35. The predicted octanol–water partition coefficient (Wildman–Crippen LogP) is 4.22. The van der Waals surface area contributed by atoms with Crippen molar-refractivity contribution in [2.45, 2.75) is 18.9 Å². The molecule has 2 fully saturated rings. The van der Waals surface area contributed by atoms with E-state index in [9.17, 15) is 8.78 Å². The lowest BCUT2D eigenvalue weighted by molar-refractivity contribution is 0.335. The highest BCUT2D eigenvalue weighted by Gasteiger charge is 2.58. The number of hydrogen-bond donors (Lipinski definition) is 2. The molecule has 0 bridgehead atoms. The number of aromatic amines is 1. The number of rotatable bonds is 3. The molecule has 1 saturated heterocycles. The van der Waals surface area contributed by atoms with Crippen molar-refractivity contribution in [2.24, 2.45) is 5.41 Å². The first kappa shape index (κ1) is 17.9. The molecule has 0 radical (unpaired) electrons. The van der Waals surface area contributed by atoms with Crippen molar-refractivity contribution in [3.05, 3.63) is 28.9 Å². The fourth-order valence-corrected chi connectivity index (χ4v) is 5.27. The molecule has 1 aromatic carbocycles. The first-order valence-corrected chi connectivity index (χ1v) is 9.81. The summed E-state index contributed by atoms with van der Waals surface area (Å²) in [5.74, 6) is -1.77. The van der Waals surface area contributed by atoms with E-state index < -0.39 is 11.6 Å². The molecule has 2 atom stereocenters. The van der Waals surface area contributed by atoms with Crippen molar-refractivity contribution in [2.75, 3.05) is 44.4 Å². The van der Waals surface area contributed by atoms with Crippen molar-refractivity contribution in [1.29, 1.82) is 0 Å². The van der Waals surface area contributed by atoms with Crippen LogP contribution >= 0.6 is 11.6 Å². The van der Waals surface area contributed by atoms with Gasteiger partial charge in [0.1, 0.15) is 5.65 Å². The predicted molar refractivity (Wildman–Crippen MR) is 109 cm³/mol. The van der Waals surface area contributed by atoms with Gasteiger partial charge in [0.15, 0.2) is 11.6 Å². The van der Waals surface area contributed by atoms with Crippen LogP contribution in [0.15, 0.2) is 12.3 Å². The molecule has 1 aliphatic heterocycles. The van der Waals surface area contributed by atoms with Gasteiger partial charge in [0, 0.05) is 37.7 Å². The van der Waals surface area contributed by atoms with Crippen LogP contribution in [-0.4, -0.2) is 55.1 Å². The molecule has 1 saturated carbocycles. The number of fused-ring (bicyclic) bond motifs is 3. The van der Waals surface area contributed by atoms with Crippen LogP contribution in [0, 0.1) is 17.0 Å². The van der Waals surface area contributed by atoms with E-state index in [-0.39, 0.29) is 10.8 Å². The molecule has 8 heteroatoms. The number of H-pyrrole nitrogens is 1. The average molecular weight is 406 g/mol. The molecule has 0 unspecified atom stereocenters. The molecule has 3 heterocycles. The first-order chi connectivity index (χ1) is 13.4. The Kier molecular flexibility index (Phi) is 3.81. The molecule has 1 aliphatic carbocycles. The molecule has 2 aromatic heterocycles. The van der Waals surface area contributed by atoms with Gasteiger partial charge in [0.25, 0.3) is 0 Å². The summed E-state index contributed by atoms with van der Waals surface area (Å²) in [5.41, 5.74) is 2.50. The summed E-state index contributed by atoms with van der Waals surface area (Å²) in [5, 5.41) is 4.14. The molecule has 28 heavy (non-hydrogen) atoms. The van der Waals surface area contributed by atoms with E-state index in [1.54, 1.807) is 13.2 Å². The van der Waals surface area contributed by atoms with Gasteiger partial charge in [0.05, 0.1) is 38.9 Å². The van der Waals surface area contributed by atoms with Crippen LogP contribution in [0.1, 0.15) is 12.8 Å². The molecule has 5 nitrogen and oxygen atoms in total. The quantitative estimate of drug-likeness (QED) is 0.685. The number of halogens is 3. The number of hydrogen-bond acceptors (Lipinski definition) is 4. The molecule has 2 N–H and O–H groups in total. The molecule has 1 spiro atoms. The zero-order valence-electron chi connectivity index (χ0n) is 16.0. The fourth-order valence-electron chi connectivity index (χ4n) is 5.01. The zero-order valence-corrected chi connectivity index (χ0v) is 16.8. The highest BCUT2D eigenvalue weighted by Crippen LogP contribution is 2.57. The van der Waals surface area contributed by atoms with E-state index in [4.69, 9.17) is 11.6 Å². The van der Waals surface area contributed by atoms with Crippen LogP contribution in [0.3, 0.4) is 0 Å². The van der Waals surface area contributed by atoms with E-state index in [2.05, 4.69) is 39.2 Å². The van der Waals surface area contributed by atoms with E-state index in [1.165, 1.54) is 0 Å². The number of aromatic nitrogens is 2. The Balaban J connectivity index is 1.72. The molecule has 0 amide bonds. The van der Waals surface area contributed by atoms with E-state index in [1.807, 2.05) is 0 Å². The van der Waals surface area contributed by atoms with Crippen molar-refractivity contribution in [1.82, 2.24) is 14.9 Å². The Hall–Kier alpha value is -2.12. The maximum Gasteiger partial charge on any atom is 0.169 e. The van der Waals surface area contributed by atoms with Crippen LogP contribution in [0.25, 0.3) is 21.9 Å². The van der Waals surface area contributed by atoms with Gasteiger partial charge in [-0.1, -0.05) is 11.6 Å². The van der Waals surface area contributed by atoms with Gasteiger partial charge in [-0.15, -0.1) is 0 Å². The summed E-state index contributed by atoms with van der Waals surface area (Å²) < 4.78 is 29.2. The van der Waals surface area contributed by atoms with Crippen LogP contribution in [-0.2, 0) is 0 Å². The minimum Gasteiger partial charge on any atom is -0.386 e. The molecule has 5 rings (SSSR count). The summed E-state index contributed by atoms with van der Waals surface area (Å²) in [4.78, 5) is 12.0. The highest BCUT2D eigenvalue weighted by molar-refractivity contribution is 6.36. The van der Waals surface area contributed by atoms with Gasteiger partial charge in [0.2, 0.25) is 0 Å². The van der Waals surface area contributed by atoms with Gasteiger partial charge in [-0.05, 0) is 26.9 Å². The summed E-state index contributed by atoms with van der Waals surface area (Å²) in [6, 6.07) is 1.71. The summed E-state index contributed by atoms with van der Waals surface area (Å²) >= 11 is 6.56.